The quantitative estimate of drug-likeness (QED) is 0.148. The first kappa shape index (κ1) is 27.7. The normalized spacial score (nSPS) is 25.3. The van der Waals surface area contributed by atoms with Gasteiger partial charge in [-0.25, -0.2) is 5.53 Å². The number of ether oxygens (including phenoxy) is 1. The molecule has 0 aromatic rings. The van der Waals surface area contributed by atoms with Crippen LogP contribution < -0.4 is 45.5 Å². The van der Waals surface area contributed by atoms with Gasteiger partial charge >= 0.3 is 43.6 Å². The summed E-state index contributed by atoms with van der Waals surface area (Å²) in [4.78, 5) is 67.3. The monoisotopic (exact) mass is 517 g/mol. The largest absolute Gasteiger partial charge is 1.00 e. The maximum Gasteiger partial charge on any atom is 1.00 e. The number of amidine groups is 1. The van der Waals surface area contributed by atoms with Gasteiger partial charge in [-0.3, -0.25) is 24.1 Å². The molecule has 2 fully saturated rings. The van der Waals surface area contributed by atoms with Crippen LogP contribution >= 0.6 is 19.8 Å². The van der Waals surface area contributed by atoms with Crippen molar-refractivity contribution in [2.45, 2.75) is 31.5 Å². The predicted molar refractivity (Wildman–Crippen MR) is 101 cm³/mol. The zero-order chi connectivity index (χ0) is 23.5. The van der Waals surface area contributed by atoms with Crippen LogP contribution in [-0.4, -0.2) is 86.2 Å². The number of nitrogens with zero attached hydrogens (tertiary/aromatic N) is 4. The molecular formula is C14H19N6NaO10PS+. The molecule has 3 aliphatic heterocycles. The second-order valence-electron chi connectivity index (χ2n) is 6.46. The first-order chi connectivity index (χ1) is 15.2. The van der Waals surface area contributed by atoms with Crippen molar-refractivity contribution in [2.24, 2.45) is 5.10 Å². The fourth-order valence-corrected chi connectivity index (χ4v) is 4.05. The van der Waals surface area contributed by atoms with E-state index in [2.05, 4.69) is 16.0 Å². The number of cyclic esters (lactones) is 1. The van der Waals surface area contributed by atoms with E-state index in [4.69, 9.17) is 19.3 Å². The Kier molecular flexibility index (Phi) is 9.83. The Hall–Kier alpha value is -1.56. The number of carbonyl (C=O) groups is 4. The zero-order valence-corrected chi connectivity index (χ0v) is 21.3. The van der Waals surface area contributed by atoms with Gasteiger partial charge in [-0.2, -0.15) is 9.96 Å². The van der Waals surface area contributed by atoms with Crippen molar-refractivity contribution in [2.75, 3.05) is 25.3 Å². The van der Waals surface area contributed by atoms with E-state index in [1.165, 1.54) is 0 Å². The molecule has 0 bridgehead atoms. The number of nitrogens with one attached hydrogen (secondary N) is 2. The maximum absolute atomic E-state index is 12.6. The molecule has 0 radical (unpaired) electrons. The summed E-state index contributed by atoms with van der Waals surface area (Å²) in [5, 5.41) is 20.7. The number of hydrogen-bond acceptors (Lipinski definition) is 14. The van der Waals surface area contributed by atoms with Crippen LogP contribution in [0.1, 0.15) is 19.8 Å². The Morgan fingerprint density at radius 2 is 2.21 bits per heavy atom. The molecule has 2 unspecified atom stereocenters. The standard InChI is InChI=1S/C14H19N6O10PS.Na/c1-2-28-20-13(16-17-18(20)7-31(26)27)32-6-9(21)15-8-5-29-19(11(8)23)14(12(24)25)4-3-10(22)30-14;/h8,17H,2-7H2,1H3,(H2-,15,21,24,25,26,27);/q;+1/t8-,14?;/m0./s1. The minimum atomic E-state index is -2.53. The van der Waals surface area contributed by atoms with Crippen LogP contribution in [0, 0.1) is 0 Å². The van der Waals surface area contributed by atoms with Crippen LogP contribution in [0.3, 0.4) is 0 Å². The molecule has 19 heteroatoms. The number of hydrazone groups is 1. The smallest absolute Gasteiger partial charge is 0.544 e. The third-order valence-electron chi connectivity index (χ3n) is 4.28. The van der Waals surface area contributed by atoms with Crippen LogP contribution in [0.5, 0.6) is 0 Å². The number of carboxylic acid groups (broad SMARTS) is 1. The van der Waals surface area contributed by atoms with Crippen LogP contribution in [0.25, 0.3) is 0 Å². The van der Waals surface area contributed by atoms with Crippen LogP contribution in [-0.2, 0) is 38.2 Å². The summed E-state index contributed by atoms with van der Waals surface area (Å²) in [6, 6.07) is -1.21. The van der Waals surface area contributed by atoms with Gasteiger partial charge in [0.05, 0.1) is 18.8 Å². The molecule has 176 valence electrons. The van der Waals surface area contributed by atoms with Crippen molar-refractivity contribution in [3.05, 3.63) is 0 Å². The minimum absolute atomic E-state index is 0. The topological polar surface area (TPSA) is 202 Å². The number of hydrazine groups is 2. The van der Waals surface area contributed by atoms with Gasteiger partial charge < -0.3 is 20.0 Å². The van der Waals surface area contributed by atoms with E-state index in [-0.39, 0.29) is 72.8 Å². The zero-order valence-electron chi connectivity index (χ0n) is 17.6. The van der Waals surface area contributed by atoms with Gasteiger partial charge in [-0.1, -0.05) is 11.8 Å². The number of carbonyl (C=O) groups excluding carboxylic acids is 4. The van der Waals surface area contributed by atoms with Crippen molar-refractivity contribution in [1.82, 2.24) is 26.2 Å². The van der Waals surface area contributed by atoms with Gasteiger partial charge in [0.1, 0.15) is 18.6 Å². The van der Waals surface area contributed by atoms with E-state index in [9.17, 15) is 28.8 Å². The molecule has 2 amide bonds. The Labute approximate surface area is 213 Å². The van der Waals surface area contributed by atoms with Gasteiger partial charge in [0.25, 0.3) is 17.9 Å². The Morgan fingerprint density at radius 3 is 2.79 bits per heavy atom. The van der Waals surface area contributed by atoms with Crippen molar-refractivity contribution < 1.29 is 77.7 Å². The summed E-state index contributed by atoms with van der Waals surface area (Å²) in [5.74, 6) is -4.38. The van der Waals surface area contributed by atoms with Gasteiger partial charge in [0.15, 0.2) is 0 Å². The molecule has 3 atom stereocenters. The van der Waals surface area contributed by atoms with E-state index in [1.54, 1.807) is 6.92 Å². The van der Waals surface area contributed by atoms with E-state index in [0.717, 1.165) is 22.1 Å². The molecule has 0 spiro atoms. The third-order valence-corrected chi connectivity index (χ3v) is 5.71. The van der Waals surface area contributed by atoms with Gasteiger partial charge in [0, 0.05) is 6.42 Å². The summed E-state index contributed by atoms with van der Waals surface area (Å²) >= 11 is 0.905. The summed E-state index contributed by atoms with van der Waals surface area (Å²) in [5.41, 5.74) is 0.101. The predicted octanol–water partition coefficient (Wildman–Crippen LogP) is -6.28. The molecule has 3 N–H and O–H groups in total. The molecule has 0 aromatic heterocycles. The number of aliphatic carboxylic acids is 1. The van der Waals surface area contributed by atoms with Gasteiger partial charge in [-0.15, -0.1) is 10.3 Å². The van der Waals surface area contributed by atoms with E-state index >= 15 is 0 Å². The van der Waals surface area contributed by atoms with Crippen molar-refractivity contribution in [3.8, 4) is 0 Å². The molecule has 3 heterocycles. The summed E-state index contributed by atoms with van der Waals surface area (Å²) in [6.07, 6.45) is -0.890. The molecule has 16 nitrogen and oxygen atoms in total. The number of carboxylic acids is 1. The Morgan fingerprint density at radius 1 is 1.48 bits per heavy atom. The van der Waals surface area contributed by atoms with Crippen LogP contribution in [0.15, 0.2) is 5.10 Å². The summed E-state index contributed by atoms with van der Waals surface area (Å²) in [7, 11) is -2.53. The fraction of sp³-hybridized carbons (Fsp3) is 0.643. The molecular weight excluding hydrogens is 498 g/mol. The molecule has 33 heavy (non-hydrogen) atoms. The van der Waals surface area contributed by atoms with Gasteiger partial charge in [-0.05, 0) is 16.6 Å². The van der Waals surface area contributed by atoms with Crippen molar-refractivity contribution in [1.29, 1.82) is 0 Å². The molecule has 3 rings (SSSR count). The van der Waals surface area contributed by atoms with E-state index < -0.39 is 43.5 Å². The Bertz CT molecular complexity index is 866. The average Bonchev–Trinajstić information content (AvgIpc) is 3.40. The average molecular weight is 517 g/mol. The number of hydroxylamine groups is 3. The number of thioether (sulfide) groups is 1. The molecule has 0 aromatic carbocycles. The number of hydrogen-bond donors (Lipinski definition) is 3. The Balaban J connectivity index is 0.00000385. The first-order valence-electron chi connectivity index (χ1n) is 9.17. The number of rotatable bonds is 9. The SMILES string of the molecule is CCON1C(SCC(=O)N[C@H]2CON(C3(C(=O)[O-])CCC(=O)O3)C2=O)=NNN1C[P+](=O)O.[Na+]. The van der Waals surface area contributed by atoms with Crippen molar-refractivity contribution in [3.63, 3.8) is 0 Å². The molecule has 2 saturated heterocycles. The van der Waals surface area contributed by atoms with E-state index in [0.29, 0.717) is 5.06 Å². The second kappa shape index (κ2) is 11.7. The minimum Gasteiger partial charge on any atom is -0.544 e. The third kappa shape index (κ3) is 6.12. The van der Waals surface area contributed by atoms with Crippen molar-refractivity contribution >= 4 is 48.7 Å². The summed E-state index contributed by atoms with van der Waals surface area (Å²) in [6.45, 7) is 1.52. The summed E-state index contributed by atoms with van der Waals surface area (Å²) < 4.78 is 15.8. The second-order valence-corrected chi connectivity index (χ2v) is 8.39. The fourth-order valence-electron chi connectivity index (χ4n) is 2.93. The molecule has 0 aliphatic carbocycles. The first-order valence-corrected chi connectivity index (χ1v) is 11.6. The van der Waals surface area contributed by atoms with Gasteiger partial charge in [0.2, 0.25) is 11.1 Å². The maximum atomic E-state index is 12.6. The molecule has 0 saturated carbocycles. The van der Waals surface area contributed by atoms with Crippen LogP contribution in [0.2, 0.25) is 0 Å². The number of esters is 1. The van der Waals surface area contributed by atoms with Crippen LogP contribution in [0.4, 0.5) is 0 Å². The van der Waals surface area contributed by atoms with E-state index in [1.807, 2.05) is 0 Å². The molecule has 3 aliphatic rings. The number of amides is 2.